The summed E-state index contributed by atoms with van der Waals surface area (Å²) in [6, 6.07) is 2.37. The summed E-state index contributed by atoms with van der Waals surface area (Å²) in [5.74, 6) is 5.42. The molecule has 1 aromatic rings. The Kier molecular flexibility index (Phi) is 6.53. The van der Waals surface area contributed by atoms with E-state index < -0.39 is 6.03 Å². The lowest BCUT2D eigenvalue weighted by molar-refractivity contribution is 0.190. The molecule has 0 unspecified atom stereocenters. The predicted octanol–water partition coefficient (Wildman–Crippen LogP) is 1.67. The summed E-state index contributed by atoms with van der Waals surface area (Å²) < 4.78 is 0. The Morgan fingerprint density at radius 1 is 1.55 bits per heavy atom. The topological polar surface area (TPSA) is 100 Å². The van der Waals surface area contributed by atoms with E-state index in [1.54, 1.807) is 0 Å². The fourth-order valence-corrected chi connectivity index (χ4v) is 1.75. The zero-order valence-electron chi connectivity index (χ0n) is 10.6. The van der Waals surface area contributed by atoms with Crippen molar-refractivity contribution in [2.24, 2.45) is 11.0 Å². The van der Waals surface area contributed by atoms with Gasteiger partial charge in [-0.1, -0.05) is 28.4 Å². The lowest BCUT2D eigenvalue weighted by Crippen LogP contribution is -2.42. The maximum Gasteiger partial charge on any atom is 0.336 e. The average molecular weight is 321 g/mol. The van der Waals surface area contributed by atoms with Gasteiger partial charge in [-0.2, -0.15) is 0 Å². The maximum absolute atomic E-state index is 11.7. The zero-order chi connectivity index (χ0) is 15.1. The Morgan fingerprint density at radius 2 is 2.25 bits per heavy atom. The van der Waals surface area contributed by atoms with Crippen molar-refractivity contribution in [3.05, 3.63) is 27.7 Å². The Morgan fingerprint density at radius 3 is 2.85 bits per heavy atom. The van der Waals surface area contributed by atoms with Crippen molar-refractivity contribution in [3.63, 3.8) is 0 Å². The number of benzene rings is 1. The summed E-state index contributed by atoms with van der Waals surface area (Å²) in [5, 5.41) is 16.2. The number of hydrazine groups is 1. The number of anilines is 1. The van der Waals surface area contributed by atoms with E-state index in [1.165, 1.54) is 25.5 Å². The molecule has 0 aliphatic rings. The predicted molar refractivity (Wildman–Crippen MR) is 78.1 cm³/mol. The van der Waals surface area contributed by atoms with Crippen LogP contribution in [0.3, 0.4) is 0 Å². The highest BCUT2D eigenvalue weighted by Gasteiger charge is 2.13. The standard InChI is InChI=1S/C11H14Cl2N4O3/c1-20-15-6-7-4-10(9(13)5-8(7)12)16-11(19)17(14)2-3-18/h4-6,18H,2-3,14H2,1H3,(H,16,19). The van der Waals surface area contributed by atoms with Crippen LogP contribution in [0.1, 0.15) is 5.56 Å². The van der Waals surface area contributed by atoms with E-state index in [4.69, 9.17) is 34.2 Å². The van der Waals surface area contributed by atoms with E-state index >= 15 is 0 Å². The number of amides is 2. The van der Waals surface area contributed by atoms with Crippen LogP contribution >= 0.6 is 23.2 Å². The minimum Gasteiger partial charge on any atom is -0.399 e. The van der Waals surface area contributed by atoms with Crippen LogP contribution in [0.4, 0.5) is 10.5 Å². The minimum absolute atomic E-state index is 0.00493. The minimum atomic E-state index is -0.613. The first-order valence-corrected chi connectivity index (χ1v) is 6.24. The number of carbonyl (C=O) groups excluding carboxylic acids is 1. The van der Waals surface area contributed by atoms with E-state index in [9.17, 15) is 4.79 Å². The van der Waals surface area contributed by atoms with Crippen LogP contribution in [0.5, 0.6) is 0 Å². The van der Waals surface area contributed by atoms with Gasteiger partial charge in [0.1, 0.15) is 7.11 Å². The summed E-state index contributed by atoms with van der Waals surface area (Å²) in [6.07, 6.45) is 1.38. The molecule has 0 saturated heterocycles. The second kappa shape index (κ2) is 7.91. The molecule has 1 aromatic carbocycles. The Balaban J connectivity index is 2.94. The van der Waals surface area contributed by atoms with Crippen molar-refractivity contribution < 1.29 is 14.7 Å². The SMILES string of the molecule is CON=Cc1cc(NC(=O)N(N)CCO)c(Cl)cc1Cl. The van der Waals surface area contributed by atoms with Crippen molar-refractivity contribution >= 4 is 41.1 Å². The monoisotopic (exact) mass is 320 g/mol. The van der Waals surface area contributed by atoms with E-state index in [0.29, 0.717) is 16.3 Å². The van der Waals surface area contributed by atoms with Gasteiger partial charge in [0.05, 0.1) is 35.1 Å². The zero-order valence-corrected chi connectivity index (χ0v) is 12.1. The van der Waals surface area contributed by atoms with Crippen molar-refractivity contribution in [3.8, 4) is 0 Å². The summed E-state index contributed by atoms with van der Waals surface area (Å²) >= 11 is 12.0. The van der Waals surface area contributed by atoms with Crippen molar-refractivity contribution in [1.29, 1.82) is 0 Å². The lowest BCUT2D eigenvalue weighted by Gasteiger charge is -2.17. The van der Waals surface area contributed by atoms with Gasteiger partial charge < -0.3 is 15.3 Å². The number of nitrogens with zero attached hydrogens (tertiary/aromatic N) is 2. The number of hydrogen-bond donors (Lipinski definition) is 3. The number of carbonyl (C=O) groups is 1. The molecule has 110 valence electrons. The first-order chi connectivity index (χ1) is 9.49. The van der Waals surface area contributed by atoms with Gasteiger partial charge in [0, 0.05) is 5.56 Å². The lowest BCUT2D eigenvalue weighted by atomic mass is 10.2. The van der Waals surface area contributed by atoms with Crippen LogP contribution in [-0.4, -0.2) is 42.6 Å². The van der Waals surface area contributed by atoms with Crippen LogP contribution in [0.15, 0.2) is 17.3 Å². The first kappa shape index (κ1) is 16.5. The van der Waals surface area contributed by atoms with Gasteiger partial charge in [-0.3, -0.25) is 5.01 Å². The molecule has 0 saturated carbocycles. The molecule has 2 amide bonds. The van der Waals surface area contributed by atoms with Gasteiger partial charge in [0.2, 0.25) is 0 Å². The molecule has 0 atom stereocenters. The summed E-state index contributed by atoms with van der Waals surface area (Å²) in [4.78, 5) is 16.3. The molecular formula is C11H14Cl2N4O3. The van der Waals surface area contributed by atoms with Gasteiger partial charge in [-0.05, 0) is 12.1 Å². The number of halogens is 2. The number of hydrogen-bond acceptors (Lipinski definition) is 5. The van der Waals surface area contributed by atoms with E-state index in [0.717, 1.165) is 5.01 Å². The third-order valence-corrected chi connectivity index (χ3v) is 2.87. The quantitative estimate of drug-likeness (QED) is 0.332. The van der Waals surface area contributed by atoms with Crippen LogP contribution in [0, 0.1) is 0 Å². The Bertz CT molecular complexity index is 511. The van der Waals surface area contributed by atoms with Gasteiger partial charge in [0.15, 0.2) is 0 Å². The molecule has 0 spiro atoms. The Labute approximate surface area is 125 Å². The number of nitrogens with one attached hydrogen (secondary N) is 1. The highest BCUT2D eigenvalue weighted by molar-refractivity contribution is 6.38. The normalized spacial score (nSPS) is 10.7. The molecule has 0 aliphatic heterocycles. The number of urea groups is 1. The largest absolute Gasteiger partial charge is 0.399 e. The number of aliphatic hydroxyl groups is 1. The third-order valence-electron chi connectivity index (χ3n) is 2.23. The first-order valence-electron chi connectivity index (χ1n) is 5.49. The van der Waals surface area contributed by atoms with Crippen LogP contribution < -0.4 is 11.2 Å². The highest BCUT2D eigenvalue weighted by Crippen LogP contribution is 2.28. The second-order valence-electron chi connectivity index (χ2n) is 3.62. The fourth-order valence-electron chi connectivity index (χ4n) is 1.27. The van der Waals surface area contributed by atoms with Gasteiger partial charge in [0.25, 0.3) is 0 Å². The van der Waals surface area contributed by atoms with Gasteiger partial charge in [-0.15, -0.1) is 0 Å². The third kappa shape index (κ3) is 4.53. The second-order valence-corrected chi connectivity index (χ2v) is 4.43. The average Bonchev–Trinajstić information content (AvgIpc) is 2.40. The highest BCUT2D eigenvalue weighted by atomic mass is 35.5. The molecule has 9 heteroatoms. The summed E-state index contributed by atoms with van der Waals surface area (Å²) in [5.41, 5.74) is 0.825. The van der Waals surface area contributed by atoms with Crippen LogP contribution in [0.2, 0.25) is 10.0 Å². The number of oxime groups is 1. The summed E-state index contributed by atoms with van der Waals surface area (Å²) in [7, 11) is 1.39. The van der Waals surface area contributed by atoms with E-state index in [1.807, 2.05) is 0 Å². The molecule has 0 aliphatic carbocycles. The molecule has 0 bridgehead atoms. The molecule has 7 nitrogen and oxygen atoms in total. The molecule has 1 rings (SSSR count). The molecule has 4 N–H and O–H groups in total. The van der Waals surface area contributed by atoms with Crippen molar-refractivity contribution in [2.75, 3.05) is 25.6 Å². The molecule has 20 heavy (non-hydrogen) atoms. The van der Waals surface area contributed by atoms with Crippen LogP contribution in [0.25, 0.3) is 0 Å². The Hall–Kier alpha value is -1.54. The molecule has 0 radical (unpaired) electrons. The fraction of sp³-hybridized carbons (Fsp3) is 0.273. The maximum atomic E-state index is 11.7. The van der Waals surface area contributed by atoms with E-state index in [2.05, 4.69) is 15.3 Å². The molecule has 0 aromatic heterocycles. The van der Waals surface area contributed by atoms with Crippen molar-refractivity contribution in [2.45, 2.75) is 0 Å². The van der Waals surface area contributed by atoms with Gasteiger partial charge in [-0.25, -0.2) is 10.6 Å². The number of aliphatic hydroxyl groups excluding tert-OH is 1. The molecule has 0 fully saturated rings. The molecule has 0 heterocycles. The van der Waals surface area contributed by atoms with Crippen LogP contribution in [-0.2, 0) is 4.84 Å². The van der Waals surface area contributed by atoms with E-state index in [-0.39, 0.29) is 18.2 Å². The number of nitrogens with two attached hydrogens (primary N) is 1. The smallest absolute Gasteiger partial charge is 0.336 e. The summed E-state index contributed by atoms with van der Waals surface area (Å²) in [6.45, 7) is -0.251. The van der Waals surface area contributed by atoms with Crippen molar-refractivity contribution in [1.82, 2.24) is 5.01 Å². The van der Waals surface area contributed by atoms with Gasteiger partial charge >= 0.3 is 6.03 Å². The number of rotatable bonds is 5. The molecular weight excluding hydrogens is 307 g/mol.